The third-order valence-corrected chi connectivity index (χ3v) is 3.66. The number of fused-ring (bicyclic) bond motifs is 1. The summed E-state index contributed by atoms with van der Waals surface area (Å²) in [6.07, 6.45) is 1.67. The number of aryl methyl sites for hydroxylation is 1. The van der Waals surface area contributed by atoms with Crippen molar-refractivity contribution in [1.82, 2.24) is 9.55 Å². The number of benzene rings is 1. The van der Waals surface area contributed by atoms with Gasteiger partial charge in [0, 0.05) is 23.9 Å². The fourth-order valence-corrected chi connectivity index (χ4v) is 2.36. The van der Waals surface area contributed by atoms with Crippen LogP contribution in [0.2, 0.25) is 0 Å². The van der Waals surface area contributed by atoms with Crippen LogP contribution in [0.3, 0.4) is 0 Å². The number of rotatable bonds is 4. The first-order valence-electron chi connectivity index (χ1n) is 6.23. The highest BCUT2D eigenvalue weighted by atomic mass is 35.5. The van der Waals surface area contributed by atoms with Gasteiger partial charge in [-0.1, -0.05) is 6.92 Å². The van der Waals surface area contributed by atoms with Gasteiger partial charge >= 0.3 is 0 Å². The number of imidazole rings is 1. The van der Waals surface area contributed by atoms with Crippen molar-refractivity contribution in [3.63, 3.8) is 0 Å². The minimum atomic E-state index is -0.251. The lowest BCUT2D eigenvalue weighted by Gasteiger charge is -2.28. The summed E-state index contributed by atoms with van der Waals surface area (Å²) < 4.78 is 15.5. The van der Waals surface area contributed by atoms with Crippen LogP contribution >= 0.6 is 11.6 Å². The van der Waals surface area contributed by atoms with Gasteiger partial charge in [-0.15, -0.1) is 11.6 Å². The smallest absolute Gasteiger partial charge is 0.125 e. The molecule has 0 amide bonds. The summed E-state index contributed by atoms with van der Waals surface area (Å²) in [5.74, 6) is 1.20. The summed E-state index contributed by atoms with van der Waals surface area (Å²) >= 11 is 5.83. The van der Waals surface area contributed by atoms with Gasteiger partial charge < -0.3 is 4.57 Å². The maximum absolute atomic E-state index is 13.3. The molecular weight excluding hydrogens is 251 g/mol. The van der Waals surface area contributed by atoms with Crippen molar-refractivity contribution in [2.75, 3.05) is 5.88 Å². The normalized spacial score (nSPS) is 12.3. The summed E-state index contributed by atoms with van der Waals surface area (Å²) in [6, 6.07) is 4.76. The van der Waals surface area contributed by atoms with Crippen LogP contribution in [0.15, 0.2) is 18.2 Å². The predicted octanol–water partition coefficient (Wildman–Crippen LogP) is 4.10. The van der Waals surface area contributed by atoms with Crippen LogP contribution in [0.4, 0.5) is 4.39 Å². The van der Waals surface area contributed by atoms with Gasteiger partial charge in [0.1, 0.15) is 11.6 Å². The van der Waals surface area contributed by atoms with Crippen LogP contribution in [-0.2, 0) is 12.0 Å². The number of alkyl halides is 1. The van der Waals surface area contributed by atoms with Crippen LogP contribution in [-0.4, -0.2) is 15.4 Å². The van der Waals surface area contributed by atoms with E-state index in [1.54, 1.807) is 6.07 Å². The van der Waals surface area contributed by atoms with E-state index in [0.717, 1.165) is 17.8 Å². The van der Waals surface area contributed by atoms with Gasteiger partial charge in [-0.25, -0.2) is 9.37 Å². The van der Waals surface area contributed by atoms with Gasteiger partial charge in [-0.2, -0.15) is 0 Å². The average molecular weight is 269 g/mol. The highest BCUT2D eigenvalue weighted by Crippen LogP contribution is 2.28. The van der Waals surface area contributed by atoms with Crippen LogP contribution < -0.4 is 0 Å². The molecule has 2 aromatic rings. The Morgan fingerprint density at radius 1 is 1.39 bits per heavy atom. The average Bonchev–Trinajstić information content (AvgIpc) is 2.67. The van der Waals surface area contributed by atoms with E-state index in [1.807, 2.05) is 0 Å². The molecule has 0 radical (unpaired) electrons. The van der Waals surface area contributed by atoms with E-state index in [9.17, 15) is 4.39 Å². The Morgan fingerprint density at radius 2 is 2.11 bits per heavy atom. The summed E-state index contributed by atoms with van der Waals surface area (Å²) in [5, 5.41) is 0. The molecule has 0 aliphatic rings. The van der Waals surface area contributed by atoms with E-state index < -0.39 is 0 Å². The maximum Gasteiger partial charge on any atom is 0.125 e. The third-order valence-electron chi connectivity index (χ3n) is 3.47. The maximum atomic E-state index is 13.3. The highest BCUT2D eigenvalue weighted by Gasteiger charge is 2.24. The Hall–Kier alpha value is -1.09. The van der Waals surface area contributed by atoms with Gasteiger partial charge in [0.2, 0.25) is 0 Å². The zero-order valence-electron chi connectivity index (χ0n) is 11.0. The molecule has 0 aliphatic carbocycles. The zero-order chi connectivity index (χ0) is 13.3. The molecule has 1 aromatic carbocycles. The van der Waals surface area contributed by atoms with Crippen molar-refractivity contribution >= 4 is 22.6 Å². The Bertz CT molecular complexity index is 560. The Labute approximate surface area is 112 Å². The predicted molar refractivity (Wildman–Crippen MR) is 73.7 cm³/mol. The summed E-state index contributed by atoms with van der Waals surface area (Å²) in [4.78, 5) is 4.52. The van der Waals surface area contributed by atoms with Gasteiger partial charge in [0.15, 0.2) is 0 Å². The van der Waals surface area contributed by atoms with Crippen LogP contribution in [0.25, 0.3) is 11.0 Å². The molecule has 0 unspecified atom stereocenters. The number of hydrogen-bond donors (Lipinski definition) is 0. The van der Waals surface area contributed by atoms with E-state index in [1.165, 1.54) is 12.1 Å². The summed E-state index contributed by atoms with van der Waals surface area (Å²) in [7, 11) is 0. The first-order chi connectivity index (χ1) is 8.49. The van der Waals surface area contributed by atoms with E-state index in [0.29, 0.717) is 17.8 Å². The van der Waals surface area contributed by atoms with Crippen molar-refractivity contribution in [3.8, 4) is 0 Å². The second kappa shape index (κ2) is 4.88. The molecule has 2 rings (SSSR count). The summed E-state index contributed by atoms with van der Waals surface area (Å²) in [5.41, 5.74) is 1.63. The van der Waals surface area contributed by atoms with E-state index >= 15 is 0 Å². The molecule has 0 saturated carbocycles. The van der Waals surface area contributed by atoms with Gasteiger partial charge in [-0.05, 0) is 32.4 Å². The number of nitrogens with zero attached hydrogens (tertiary/aromatic N) is 2. The number of aromatic nitrogens is 2. The molecular formula is C14H18ClFN2. The molecule has 0 saturated heterocycles. The fraction of sp³-hybridized carbons (Fsp3) is 0.500. The molecule has 18 heavy (non-hydrogen) atoms. The van der Waals surface area contributed by atoms with E-state index in [4.69, 9.17) is 11.6 Å². The molecule has 0 spiro atoms. The quantitative estimate of drug-likeness (QED) is 0.764. The lowest BCUT2D eigenvalue weighted by atomic mass is 10.0. The van der Waals surface area contributed by atoms with Crippen LogP contribution in [0.5, 0.6) is 0 Å². The van der Waals surface area contributed by atoms with Gasteiger partial charge in [0.25, 0.3) is 0 Å². The second-order valence-electron chi connectivity index (χ2n) is 5.10. The molecule has 0 aliphatic heterocycles. The van der Waals surface area contributed by atoms with E-state index in [2.05, 4.69) is 30.3 Å². The van der Waals surface area contributed by atoms with Crippen LogP contribution in [0, 0.1) is 5.82 Å². The molecule has 0 fully saturated rings. The first-order valence-corrected chi connectivity index (χ1v) is 6.76. The zero-order valence-corrected chi connectivity index (χ0v) is 11.8. The van der Waals surface area contributed by atoms with Crippen molar-refractivity contribution < 1.29 is 4.39 Å². The van der Waals surface area contributed by atoms with E-state index in [-0.39, 0.29) is 11.4 Å². The Morgan fingerprint density at radius 3 is 2.72 bits per heavy atom. The lowest BCUT2D eigenvalue weighted by molar-refractivity contribution is 0.342. The molecule has 0 bridgehead atoms. The SMILES string of the molecule is CCC(C)(C)n1c(CCCl)nc2cc(F)ccc21. The largest absolute Gasteiger partial charge is 0.322 e. The highest BCUT2D eigenvalue weighted by molar-refractivity contribution is 6.17. The van der Waals surface area contributed by atoms with Crippen molar-refractivity contribution in [2.24, 2.45) is 0 Å². The third kappa shape index (κ3) is 2.24. The molecule has 1 aromatic heterocycles. The molecule has 4 heteroatoms. The van der Waals surface area contributed by atoms with Gasteiger partial charge in [-0.3, -0.25) is 0 Å². The summed E-state index contributed by atoms with van der Waals surface area (Å²) in [6.45, 7) is 6.46. The molecule has 0 atom stereocenters. The Kier molecular flexibility index (Phi) is 3.62. The molecule has 0 N–H and O–H groups in total. The number of hydrogen-bond acceptors (Lipinski definition) is 1. The lowest BCUT2D eigenvalue weighted by Crippen LogP contribution is -2.27. The molecule has 1 heterocycles. The first kappa shape index (κ1) is 13.3. The minimum Gasteiger partial charge on any atom is -0.322 e. The fourth-order valence-electron chi connectivity index (χ4n) is 2.19. The van der Waals surface area contributed by atoms with Crippen LogP contribution in [0.1, 0.15) is 33.0 Å². The second-order valence-corrected chi connectivity index (χ2v) is 5.48. The number of halogens is 2. The monoisotopic (exact) mass is 268 g/mol. The van der Waals surface area contributed by atoms with Crippen molar-refractivity contribution in [1.29, 1.82) is 0 Å². The standard InChI is InChI=1S/C14H18ClFN2/c1-4-14(2,3)18-12-6-5-10(16)9-11(12)17-13(18)7-8-15/h5-6,9H,4,7-8H2,1-3H3. The van der Waals surface area contributed by atoms with Crippen molar-refractivity contribution in [3.05, 3.63) is 29.8 Å². The van der Waals surface area contributed by atoms with Crippen molar-refractivity contribution in [2.45, 2.75) is 39.2 Å². The minimum absolute atomic E-state index is 0.0476. The topological polar surface area (TPSA) is 17.8 Å². The Balaban J connectivity index is 2.70. The molecule has 98 valence electrons. The van der Waals surface area contributed by atoms with Gasteiger partial charge in [0.05, 0.1) is 11.0 Å². The molecule has 2 nitrogen and oxygen atoms in total.